The third kappa shape index (κ3) is 4.68. The molecule has 1 aliphatic rings. The van der Waals surface area contributed by atoms with E-state index in [1.54, 1.807) is 35.4 Å². The number of anilines is 1. The number of hydrogen-bond acceptors (Lipinski definition) is 6. The van der Waals surface area contributed by atoms with Crippen molar-refractivity contribution in [1.82, 2.24) is 9.88 Å². The molecule has 0 radical (unpaired) electrons. The summed E-state index contributed by atoms with van der Waals surface area (Å²) in [5.41, 5.74) is 1.73. The van der Waals surface area contributed by atoms with Crippen LogP contribution < -0.4 is 9.64 Å². The molecular formula is C18H17Cl2N3O3S. The first-order valence-corrected chi connectivity index (χ1v) is 9.26. The summed E-state index contributed by atoms with van der Waals surface area (Å²) in [6.45, 7) is 1.38. The number of benzene rings is 1. The minimum atomic E-state index is -0.468. The summed E-state index contributed by atoms with van der Waals surface area (Å²) in [6, 6.07) is 6.72. The van der Waals surface area contributed by atoms with Gasteiger partial charge in [-0.3, -0.25) is 4.90 Å². The van der Waals surface area contributed by atoms with Gasteiger partial charge in [-0.2, -0.15) is 0 Å². The molecule has 0 fully saturated rings. The van der Waals surface area contributed by atoms with Gasteiger partial charge in [-0.25, -0.2) is 9.78 Å². The molecule has 0 N–H and O–H groups in total. The van der Waals surface area contributed by atoms with E-state index in [0.29, 0.717) is 41.2 Å². The highest BCUT2D eigenvalue weighted by atomic mass is 35.5. The lowest BCUT2D eigenvalue weighted by molar-refractivity contribution is 0.0475. The average molecular weight is 426 g/mol. The van der Waals surface area contributed by atoms with Crippen LogP contribution in [0, 0.1) is 0 Å². The maximum absolute atomic E-state index is 12.0. The van der Waals surface area contributed by atoms with Gasteiger partial charge in [0, 0.05) is 17.1 Å². The molecule has 0 saturated carbocycles. The van der Waals surface area contributed by atoms with Crippen molar-refractivity contribution >= 4 is 52.3 Å². The summed E-state index contributed by atoms with van der Waals surface area (Å²) in [6.07, 6.45) is 1.55. The molecule has 1 aromatic heterocycles. The quantitative estimate of drug-likeness (QED) is 0.533. The molecule has 1 aromatic carbocycles. The maximum Gasteiger partial charge on any atom is 0.356 e. The van der Waals surface area contributed by atoms with Gasteiger partial charge in [-0.05, 0) is 50.6 Å². The molecule has 142 valence electrons. The van der Waals surface area contributed by atoms with Crippen LogP contribution in [0.2, 0.25) is 10.0 Å². The van der Waals surface area contributed by atoms with Crippen molar-refractivity contribution in [1.29, 1.82) is 0 Å². The van der Waals surface area contributed by atoms with Gasteiger partial charge in [-0.15, -0.1) is 0 Å². The molecular weight excluding hydrogens is 409 g/mol. The van der Waals surface area contributed by atoms with Crippen LogP contribution in [0.3, 0.4) is 0 Å². The van der Waals surface area contributed by atoms with Gasteiger partial charge in [-0.1, -0.05) is 23.2 Å². The second kappa shape index (κ2) is 8.39. The lowest BCUT2D eigenvalue weighted by Crippen LogP contribution is -2.37. The molecule has 2 aromatic rings. The predicted molar refractivity (Wildman–Crippen MR) is 109 cm³/mol. The Balaban J connectivity index is 1.73. The van der Waals surface area contributed by atoms with Gasteiger partial charge < -0.3 is 14.4 Å². The number of likely N-dealkylation sites (N-methyl/N-ethyl adjacent to an activating group) is 1. The minimum Gasteiger partial charge on any atom is -0.460 e. The molecule has 6 nitrogen and oxygen atoms in total. The summed E-state index contributed by atoms with van der Waals surface area (Å²) >= 11 is 17.6. The first-order chi connectivity index (χ1) is 12.8. The zero-order valence-electron chi connectivity index (χ0n) is 14.7. The summed E-state index contributed by atoms with van der Waals surface area (Å²) in [7, 11) is 3.81. The Labute approximate surface area is 172 Å². The van der Waals surface area contributed by atoms with Crippen molar-refractivity contribution in [2.45, 2.75) is 6.54 Å². The van der Waals surface area contributed by atoms with E-state index in [9.17, 15) is 4.79 Å². The Morgan fingerprint density at radius 2 is 2.15 bits per heavy atom. The van der Waals surface area contributed by atoms with Crippen LogP contribution in [0.4, 0.5) is 5.69 Å². The smallest absolute Gasteiger partial charge is 0.356 e. The van der Waals surface area contributed by atoms with E-state index in [4.69, 9.17) is 44.9 Å². The minimum absolute atomic E-state index is 0.229. The number of thiocarbonyl (C=S) groups is 1. The zero-order valence-corrected chi connectivity index (χ0v) is 17.1. The summed E-state index contributed by atoms with van der Waals surface area (Å²) < 4.78 is 10.9. The van der Waals surface area contributed by atoms with E-state index in [0.717, 1.165) is 5.56 Å². The standard InChI is InChI=1S/C18H17Cl2N3O3S/c1-22(2)5-6-25-17(24)15-4-3-13(9-21-15)23-10-11-7-12(19)8-14(20)16(11)26-18(23)27/h3-4,7-9H,5-6,10H2,1-2H3. The largest absolute Gasteiger partial charge is 0.460 e. The summed E-state index contributed by atoms with van der Waals surface area (Å²) in [5.74, 6) is 0.0427. The molecule has 0 spiro atoms. The van der Waals surface area contributed by atoms with E-state index in [2.05, 4.69) is 4.98 Å². The van der Waals surface area contributed by atoms with E-state index in [1.807, 2.05) is 19.0 Å². The summed E-state index contributed by atoms with van der Waals surface area (Å²) in [4.78, 5) is 19.9. The van der Waals surface area contributed by atoms with Crippen LogP contribution in [0.15, 0.2) is 30.5 Å². The van der Waals surface area contributed by atoms with Crippen LogP contribution in [0.25, 0.3) is 0 Å². The molecule has 1 aliphatic heterocycles. The SMILES string of the molecule is CN(C)CCOC(=O)c1ccc(N2Cc3cc(Cl)cc(Cl)c3OC2=S)cn1. The number of ether oxygens (including phenoxy) is 2. The monoisotopic (exact) mass is 425 g/mol. The van der Waals surface area contributed by atoms with Gasteiger partial charge in [0.05, 0.1) is 23.5 Å². The Hall–Kier alpha value is -1.93. The Morgan fingerprint density at radius 1 is 1.37 bits per heavy atom. The second-order valence-electron chi connectivity index (χ2n) is 6.17. The lowest BCUT2D eigenvalue weighted by atomic mass is 10.1. The van der Waals surface area contributed by atoms with Gasteiger partial charge in [0.15, 0.2) is 5.75 Å². The Bertz CT molecular complexity index is 875. The molecule has 0 aliphatic carbocycles. The number of carbonyl (C=O) groups is 1. The molecule has 2 heterocycles. The average Bonchev–Trinajstić information content (AvgIpc) is 2.61. The highest BCUT2D eigenvalue weighted by Gasteiger charge is 2.26. The number of halogens is 2. The molecule has 0 saturated heterocycles. The van der Waals surface area contributed by atoms with Crippen molar-refractivity contribution < 1.29 is 14.3 Å². The van der Waals surface area contributed by atoms with Gasteiger partial charge >= 0.3 is 5.97 Å². The number of aromatic nitrogens is 1. The molecule has 0 amide bonds. The number of hydrogen-bond donors (Lipinski definition) is 0. The van der Waals surface area contributed by atoms with Gasteiger partial charge in [0.2, 0.25) is 0 Å². The van der Waals surface area contributed by atoms with Crippen molar-refractivity contribution in [3.05, 3.63) is 51.8 Å². The molecule has 3 rings (SSSR count). The molecule has 27 heavy (non-hydrogen) atoms. The molecule has 0 bridgehead atoms. The van der Waals surface area contributed by atoms with Crippen molar-refractivity contribution in [3.8, 4) is 5.75 Å². The highest BCUT2D eigenvalue weighted by Crippen LogP contribution is 2.37. The van der Waals surface area contributed by atoms with E-state index in [1.165, 1.54) is 0 Å². The van der Waals surface area contributed by atoms with Crippen molar-refractivity contribution in [2.24, 2.45) is 0 Å². The third-order valence-corrected chi connectivity index (χ3v) is 4.67. The van der Waals surface area contributed by atoms with Gasteiger partial charge in [0.25, 0.3) is 5.17 Å². The number of carbonyl (C=O) groups excluding carboxylic acids is 1. The Kier molecular flexibility index (Phi) is 6.16. The van der Waals surface area contributed by atoms with Crippen LogP contribution >= 0.6 is 35.4 Å². The van der Waals surface area contributed by atoms with E-state index < -0.39 is 5.97 Å². The van der Waals surface area contributed by atoms with Crippen molar-refractivity contribution in [3.63, 3.8) is 0 Å². The van der Waals surface area contributed by atoms with E-state index >= 15 is 0 Å². The molecule has 9 heteroatoms. The van der Waals surface area contributed by atoms with Crippen LogP contribution in [0.5, 0.6) is 5.75 Å². The molecule has 0 unspecified atom stereocenters. The number of esters is 1. The topological polar surface area (TPSA) is 54.9 Å². The fourth-order valence-electron chi connectivity index (χ4n) is 2.48. The summed E-state index contributed by atoms with van der Waals surface area (Å²) in [5, 5.41) is 1.17. The predicted octanol–water partition coefficient (Wildman–Crippen LogP) is 3.79. The lowest BCUT2D eigenvalue weighted by Gasteiger charge is -2.30. The highest BCUT2D eigenvalue weighted by molar-refractivity contribution is 7.80. The van der Waals surface area contributed by atoms with Crippen LogP contribution in [0.1, 0.15) is 16.1 Å². The van der Waals surface area contributed by atoms with Crippen LogP contribution in [-0.2, 0) is 11.3 Å². The fraction of sp³-hybridized carbons (Fsp3) is 0.278. The normalized spacial score (nSPS) is 13.4. The number of rotatable bonds is 5. The van der Waals surface area contributed by atoms with E-state index in [-0.39, 0.29) is 10.9 Å². The van der Waals surface area contributed by atoms with Crippen molar-refractivity contribution in [2.75, 3.05) is 32.1 Å². The second-order valence-corrected chi connectivity index (χ2v) is 7.36. The maximum atomic E-state index is 12.0. The number of fused-ring (bicyclic) bond motifs is 1. The first kappa shape index (κ1) is 19.8. The van der Waals surface area contributed by atoms with Gasteiger partial charge in [0.1, 0.15) is 12.3 Å². The Morgan fingerprint density at radius 3 is 2.81 bits per heavy atom. The zero-order chi connectivity index (χ0) is 19.6. The fourth-order valence-corrected chi connectivity index (χ4v) is 3.31. The number of pyridine rings is 1. The van der Waals surface area contributed by atoms with Crippen LogP contribution in [-0.4, -0.2) is 48.3 Å². The third-order valence-electron chi connectivity index (χ3n) is 3.86. The first-order valence-electron chi connectivity index (χ1n) is 8.10. The molecule has 0 atom stereocenters. The number of nitrogens with zero attached hydrogens (tertiary/aromatic N) is 3.